The Morgan fingerprint density at radius 1 is 1.38 bits per heavy atom. The maximum Gasteiger partial charge on any atom is 0.247 e. The van der Waals surface area contributed by atoms with Gasteiger partial charge in [-0.2, -0.15) is 4.31 Å². The third-order valence-electron chi connectivity index (χ3n) is 3.68. The van der Waals surface area contributed by atoms with Gasteiger partial charge in [0, 0.05) is 12.6 Å². The molecule has 1 aliphatic rings. The molecule has 118 valence electrons. The van der Waals surface area contributed by atoms with Crippen molar-refractivity contribution in [2.45, 2.75) is 50.2 Å². The van der Waals surface area contributed by atoms with Crippen molar-refractivity contribution in [3.63, 3.8) is 0 Å². The van der Waals surface area contributed by atoms with Crippen LogP contribution in [-0.4, -0.2) is 37.5 Å². The number of unbranched alkanes of at least 4 members (excludes halogenated alkanes) is 1. The van der Waals surface area contributed by atoms with Crippen LogP contribution >= 0.6 is 0 Å². The van der Waals surface area contributed by atoms with Crippen LogP contribution in [0.25, 0.3) is 0 Å². The molecule has 0 aliphatic heterocycles. The summed E-state index contributed by atoms with van der Waals surface area (Å²) in [5.74, 6) is 0.295. The topological polar surface area (TPSA) is 66.8 Å². The van der Waals surface area contributed by atoms with E-state index in [4.69, 9.17) is 9.84 Å². The monoisotopic (exact) mass is 313 g/mol. The predicted molar refractivity (Wildman–Crippen MR) is 80.7 cm³/mol. The fraction of sp³-hybridized carbons (Fsp3) is 0.600. The minimum Gasteiger partial charge on any atom is -0.495 e. The first-order valence-electron chi connectivity index (χ1n) is 7.34. The van der Waals surface area contributed by atoms with Gasteiger partial charge in [0.2, 0.25) is 10.0 Å². The van der Waals surface area contributed by atoms with Crippen molar-refractivity contribution < 1.29 is 18.3 Å². The minimum absolute atomic E-state index is 0.128. The second kappa shape index (κ2) is 6.77. The third-order valence-corrected chi connectivity index (χ3v) is 5.67. The Balaban J connectivity index is 2.37. The van der Waals surface area contributed by atoms with Crippen LogP contribution in [0.15, 0.2) is 23.1 Å². The molecule has 0 unspecified atom stereocenters. The summed E-state index contributed by atoms with van der Waals surface area (Å²) in [6.07, 6.45) is 3.67. The molecular weight excluding hydrogens is 290 g/mol. The fourth-order valence-corrected chi connectivity index (χ4v) is 4.19. The summed E-state index contributed by atoms with van der Waals surface area (Å²) in [5, 5.41) is 9.16. The molecule has 1 N–H and O–H groups in total. The fourth-order valence-electron chi connectivity index (χ4n) is 2.33. The van der Waals surface area contributed by atoms with Crippen molar-refractivity contribution in [1.29, 1.82) is 0 Å². The van der Waals surface area contributed by atoms with Crippen LogP contribution in [-0.2, 0) is 16.6 Å². The Bertz CT molecular complexity index is 581. The van der Waals surface area contributed by atoms with Gasteiger partial charge in [0.1, 0.15) is 10.6 Å². The molecule has 1 saturated carbocycles. The highest BCUT2D eigenvalue weighted by Crippen LogP contribution is 2.35. The number of methoxy groups -OCH3 is 1. The Morgan fingerprint density at radius 3 is 2.62 bits per heavy atom. The molecule has 6 heteroatoms. The molecule has 1 fully saturated rings. The van der Waals surface area contributed by atoms with Gasteiger partial charge in [-0.15, -0.1) is 0 Å². The number of ether oxygens (including phenoxy) is 1. The van der Waals surface area contributed by atoms with E-state index >= 15 is 0 Å². The number of hydrogen-bond donors (Lipinski definition) is 1. The van der Waals surface area contributed by atoms with Crippen molar-refractivity contribution in [3.8, 4) is 5.75 Å². The van der Waals surface area contributed by atoms with E-state index in [0.29, 0.717) is 17.9 Å². The van der Waals surface area contributed by atoms with Crippen LogP contribution in [0.1, 0.15) is 38.2 Å². The second-order valence-corrected chi connectivity index (χ2v) is 7.20. The molecule has 0 amide bonds. The summed E-state index contributed by atoms with van der Waals surface area (Å²) in [5.41, 5.74) is 0.636. The average molecular weight is 313 g/mol. The van der Waals surface area contributed by atoms with Gasteiger partial charge in [-0.25, -0.2) is 8.42 Å². The molecule has 5 nitrogen and oxygen atoms in total. The Kier molecular flexibility index (Phi) is 5.24. The van der Waals surface area contributed by atoms with Crippen LogP contribution in [0.5, 0.6) is 5.75 Å². The molecule has 0 spiro atoms. The van der Waals surface area contributed by atoms with E-state index in [1.54, 1.807) is 16.4 Å². The number of benzene rings is 1. The van der Waals surface area contributed by atoms with Crippen molar-refractivity contribution in [2.24, 2.45) is 0 Å². The van der Waals surface area contributed by atoms with Gasteiger partial charge in [-0.3, -0.25) is 0 Å². The van der Waals surface area contributed by atoms with Gasteiger partial charge in [0.05, 0.1) is 13.7 Å². The van der Waals surface area contributed by atoms with Gasteiger partial charge >= 0.3 is 0 Å². The Labute approximate surface area is 126 Å². The highest BCUT2D eigenvalue weighted by molar-refractivity contribution is 7.89. The number of hydrogen-bond acceptors (Lipinski definition) is 4. The zero-order chi connectivity index (χ0) is 15.5. The summed E-state index contributed by atoms with van der Waals surface area (Å²) in [6.45, 7) is 2.46. The molecule has 1 aromatic carbocycles. The van der Waals surface area contributed by atoms with Gasteiger partial charge in [-0.05, 0) is 37.0 Å². The smallest absolute Gasteiger partial charge is 0.247 e. The van der Waals surface area contributed by atoms with Crippen LogP contribution in [0.3, 0.4) is 0 Å². The predicted octanol–water partition coefficient (Wildman–Crippen LogP) is 2.14. The van der Waals surface area contributed by atoms with Gasteiger partial charge in [0.25, 0.3) is 0 Å². The van der Waals surface area contributed by atoms with E-state index in [1.165, 1.54) is 13.2 Å². The summed E-state index contributed by atoms with van der Waals surface area (Å²) in [7, 11) is -2.10. The summed E-state index contributed by atoms with van der Waals surface area (Å²) in [6, 6.07) is 4.86. The van der Waals surface area contributed by atoms with Gasteiger partial charge in [-0.1, -0.05) is 19.4 Å². The Morgan fingerprint density at radius 2 is 2.10 bits per heavy atom. The van der Waals surface area contributed by atoms with Crippen LogP contribution in [0, 0.1) is 0 Å². The number of nitrogens with zero attached hydrogens (tertiary/aromatic N) is 1. The minimum atomic E-state index is -3.55. The van der Waals surface area contributed by atoms with E-state index < -0.39 is 10.0 Å². The molecule has 1 aromatic rings. The van der Waals surface area contributed by atoms with E-state index in [2.05, 4.69) is 0 Å². The highest BCUT2D eigenvalue weighted by Gasteiger charge is 2.38. The highest BCUT2D eigenvalue weighted by atomic mass is 32.2. The number of aliphatic hydroxyl groups excluding tert-OH is 1. The third kappa shape index (κ3) is 3.56. The molecule has 0 saturated heterocycles. The molecule has 0 radical (unpaired) electrons. The average Bonchev–Trinajstić information content (AvgIpc) is 3.31. The van der Waals surface area contributed by atoms with Crippen molar-refractivity contribution >= 4 is 10.0 Å². The lowest BCUT2D eigenvalue weighted by Crippen LogP contribution is -2.34. The van der Waals surface area contributed by atoms with Crippen molar-refractivity contribution in [2.75, 3.05) is 13.7 Å². The summed E-state index contributed by atoms with van der Waals surface area (Å²) in [4.78, 5) is 0.185. The normalized spacial score (nSPS) is 15.4. The molecule has 0 atom stereocenters. The second-order valence-electron chi connectivity index (χ2n) is 5.34. The number of rotatable bonds is 8. The standard InChI is InChI=1S/C15H23NO4S/c1-3-4-9-16(13-6-7-13)21(18,19)15-8-5-12(11-17)10-14(15)20-2/h5,8,10,13,17H,3-4,6-7,9,11H2,1-2H3. The van der Waals surface area contributed by atoms with E-state index in [9.17, 15) is 8.42 Å². The van der Waals surface area contributed by atoms with Gasteiger partial charge < -0.3 is 9.84 Å². The van der Waals surface area contributed by atoms with Crippen molar-refractivity contribution in [1.82, 2.24) is 4.31 Å². The number of aliphatic hydroxyl groups is 1. The molecule has 2 rings (SSSR count). The molecule has 0 heterocycles. The van der Waals surface area contributed by atoms with Crippen molar-refractivity contribution in [3.05, 3.63) is 23.8 Å². The first kappa shape index (κ1) is 16.3. The first-order valence-corrected chi connectivity index (χ1v) is 8.78. The lowest BCUT2D eigenvalue weighted by atomic mass is 10.2. The zero-order valence-corrected chi connectivity index (χ0v) is 13.4. The van der Waals surface area contributed by atoms with E-state index in [0.717, 1.165) is 25.7 Å². The van der Waals surface area contributed by atoms with Gasteiger partial charge in [0.15, 0.2) is 0 Å². The van der Waals surface area contributed by atoms with Crippen LogP contribution in [0.4, 0.5) is 0 Å². The molecule has 0 aromatic heterocycles. The largest absolute Gasteiger partial charge is 0.495 e. The molecular formula is C15H23NO4S. The SMILES string of the molecule is CCCCN(C1CC1)S(=O)(=O)c1ccc(CO)cc1OC. The van der Waals surface area contributed by atoms with E-state index in [1.807, 2.05) is 6.92 Å². The zero-order valence-electron chi connectivity index (χ0n) is 12.6. The molecule has 21 heavy (non-hydrogen) atoms. The lowest BCUT2D eigenvalue weighted by molar-refractivity contribution is 0.280. The maximum absolute atomic E-state index is 12.9. The molecule has 1 aliphatic carbocycles. The Hall–Kier alpha value is -1.11. The van der Waals surface area contributed by atoms with Crippen LogP contribution in [0.2, 0.25) is 0 Å². The number of sulfonamides is 1. The van der Waals surface area contributed by atoms with E-state index in [-0.39, 0.29) is 17.5 Å². The summed E-state index contributed by atoms with van der Waals surface area (Å²) >= 11 is 0. The first-order chi connectivity index (χ1) is 10.0. The summed E-state index contributed by atoms with van der Waals surface area (Å²) < 4.78 is 32.6. The quantitative estimate of drug-likeness (QED) is 0.798. The maximum atomic E-state index is 12.9. The lowest BCUT2D eigenvalue weighted by Gasteiger charge is -2.23. The molecule has 0 bridgehead atoms. The van der Waals surface area contributed by atoms with Crippen LogP contribution < -0.4 is 4.74 Å².